The molecule has 6 nitrogen and oxygen atoms in total. The minimum absolute atomic E-state index is 0.114. The Kier molecular flexibility index (Phi) is 8.05. The molecule has 0 aliphatic carbocycles. The molecule has 3 aliphatic rings. The van der Waals surface area contributed by atoms with Crippen molar-refractivity contribution < 1.29 is 4.79 Å². The molecule has 32 heavy (non-hydrogen) atoms. The molecule has 172 valence electrons. The maximum atomic E-state index is 12.4. The van der Waals surface area contributed by atoms with Gasteiger partial charge >= 0.3 is 6.03 Å². The van der Waals surface area contributed by atoms with Crippen LogP contribution in [0.3, 0.4) is 0 Å². The third kappa shape index (κ3) is 6.24. The molecule has 1 unspecified atom stereocenters. The highest BCUT2D eigenvalue weighted by molar-refractivity contribution is 7.98. The van der Waals surface area contributed by atoms with Crippen molar-refractivity contribution in [3.63, 3.8) is 0 Å². The second-order valence-electron chi connectivity index (χ2n) is 9.09. The van der Waals surface area contributed by atoms with Crippen molar-refractivity contribution in [2.24, 2.45) is 11.8 Å². The number of aromatic nitrogens is 1. The number of thioether (sulfide) groups is 1. The Morgan fingerprint density at radius 1 is 1.28 bits per heavy atom. The molecule has 5 rings (SSSR count). The lowest BCUT2D eigenvalue weighted by Gasteiger charge is -2.50. The van der Waals surface area contributed by atoms with Crippen LogP contribution in [0.2, 0.25) is 0 Å². The fraction of sp³-hybridized carbons (Fsp3) is 0.520. The SMILES string of the molecule is CSc1cccc(NC(=O)NC[C@H]2C[C@@H]3CCN2C[C@H]3CN(C)CCc2ccccn2)c1. The van der Waals surface area contributed by atoms with Gasteiger partial charge < -0.3 is 15.5 Å². The van der Waals surface area contributed by atoms with Crippen LogP contribution in [0.25, 0.3) is 0 Å². The molecule has 4 atom stereocenters. The summed E-state index contributed by atoms with van der Waals surface area (Å²) in [6.07, 6.45) is 7.37. The Hall–Kier alpha value is -2.09. The molecule has 1 aromatic carbocycles. The van der Waals surface area contributed by atoms with Gasteiger partial charge in [0, 0.05) is 61.1 Å². The first kappa shape index (κ1) is 23.1. The van der Waals surface area contributed by atoms with Gasteiger partial charge in [-0.25, -0.2) is 4.79 Å². The molecule has 2 N–H and O–H groups in total. The van der Waals surface area contributed by atoms with Crippen molar-refractivity contribution in [3.8, 4) is 0 Å². The lowest BCUT2D eigenvalue weighted by atomic mass is 9.75. The third-order valence-electron chi connectivity index (χ3n) is 6.86. The summed E-state index contributed by atoms with van der Waals surface area (Å²) in [6, 6.07) is 14.4. The van der Waals surface area contributed by atoms with Crippen LogP contribution in [0.15, 0.2) is 53.6 Å². The largest absolute Gasteiger partial charge is 0.336 e. The number of anilines is 1. The maximum absolute atomic E-state index is 12.4. The average Bonchev–Trinajstić information content (AvgIpc) is 2.83. The quantitative estimate of drug-likeness (QED) is 0.566. The molecule has 4 heterocycles. The molecule has 0 radical (unpaired) electrons. The van der Waals surface area contributed by atoms with E-state index < -0.39 is 0 Å². The second kappa shape index (κ2) is 11.2. The van der Waals surface area contributed by atoms with Gasteiger partial charge in [-0.1, -0.05) is 12.1 Å². The van der Waals surface area contributed by atoms with E-state index in [1.165, 1.54) is 12.8 Å². The average molecular weight is 454 g/mol. The number of nitrogens with one attached hydrogen (secondary N) is 2. The van der Waals surface area contributed by atoms with Crippen LogP contribution in [0.5, 0.6) is 0 Å². The summed E-state index contributed by atoms with van der Waals surface area (Å²) in [5.41, 5.74) is 2.01. The number of likely N-dealkylation sites (N-methyl/N-ethyl adjacent to an activating group) is 1. The minimum atomic E-state index is -0.114. The number of benzene rings is 1. The summed E-state index contributed by atoms with van der Waals surface area (Å²) >= 11 is 1.68. The maximum Gasteiger partial charge on any atom is 0.319 e. The van der Waals surface area contributed by atoms with E-state index in [1.54, 1.807) is 11.8 Å². The lowest BCUT2D eigenvalue weighted by molar-refractivity contribution is -0.00803. The summed E-state index contributed by atoms with van der Waals surface area (Å²) in [6.45, 7) is 5.20. The van der Waals surface area contributed by atoms with Gasteiger partial charge in [-0.05, 0) is 74.9 Å². The number of piperidine rings is 3. The van der Waals surface area contributed by atoms with Gasteiger partial charge in [0.2, 0.25) is 0 Å². The Labute approximate surface area is 196 Å². The Morgan fingerprint density at radius 2 is 2.19 bits per heavy atom. The van der Waals surface area contributed by atoms with Gasteiger partial charge in [-0.15, -0.1) is 11.8 Å². The van der Waals surface area contributed by atoms with E-state index in [9.17, 15) is 4.79 Å². The van der Waals surface area contributed by atoms with Crippen LogP contribution < -0.4 is 10.6 Å². The van der Waals surface area contributed by atoms with Crippen molar-refractivity contribution in [2.45, 2.75) is 30.2 Å². The number of hydrogen-bond acceptors (Lipinski definition) is 5. The van der Waals surface area contributed by atoms with Crippen LogP contribution in [0.4, 0.5) is 10.5 Å². The zero-order chi connectivity index (χ0) is 22.3. The summed E-state index contributed by atoms with van der Waals surface area (Å²) in [5, 5.41) is 6.07. The first-order chi connectivity index (χ1) is 15.6. The highest BCUT2D eigenvalue weighted by atomic mass is 32.2. The van der Waals surface area contributed by atoms with E-state index in [2.05, 4.69) is 44.6 Å². The van der Waals surface area contributed by atoms with Gasteiger partial charge in [0.05, 0.1) is 0 Å². The van der Waals surface area contributed by atoms with Crippen molar-refractivity contribution in [3.05, 3.63) is 54.4 Å². The fourth-order valence-electron chi connectivity index (χ4n) is 5.10. The van der Waals surface area contributed by atoms with Gasteiger partial charge in [0.1, 0.15) is 0 Å². The first-order valence-electron chi connectivity index (χ1n) is 11.6. The van der Waals surface area contributed by atoms with Crippen LogP contribution in [-0.2, 0) is 6.42 Å². The predicted molar refractivity (Wildman–Crippen MR) is 132 cm³/mol. The molecule has 3 fully saturated rings. The number of rotatable bonds is 9. The number of amides is 2. The molecule has 0 spiro atoms. The summed E-state index contributed by atoms with van der Waals surface area (Å²) in [4.78, 5) is 23.0. The Balaban J connectivity index is 1.20. The van der Waals surface area contributed by atoms with Gasteiger partial charge in [0.25, 0.3) is 0 Å². The molecule has 2 bridgehead atoms. The molecular formula is C25H35N5OS. The number of carbonyl (C=O) groups excluding carboxylic acids is 1. The molecule has 3 aliphatic heterocycles. The Morgan fingerprint density at radius 3 is 2.94 bits per heavy atom. The van der Waals surface area contributed by atoms with Crippen LogP contribution in [0.1, 0.15) is 18.5 Å². The molecule has 7 heteroatoms. The number of pyridine rings is 1. The predicted octanol–water partition coefficient (Wildman–Crippen LogP) is 3.81. The number of hydrogen-bond donors (Lipinski definition) is 2. The summed E-state index contributed by atoms with van der Waals surface area (Å²) < 4.78 is 0. The van der Waals surface area contributed by atoms with Crippen molar-refractivity contribution >= 4 is 23.5 Å². The molecular weight excluding hydrogens is 418 g/mol. The number of fused-ring (bicyclic) bond motifs is 3. The lowest BCUT2D eigenvalue weighted by Crippen LogP contribution is -2.58. The van der Waals surface area contributed by atoms with E-state index in [1.807, 2.05) is 42.8 Å². The molecule has 3 saturated heterocycles. The van der Waals surface area contributed by atoms with Gasteiger partial charge in [-0.3, -0.25) is 9.88 Å². The number of urea groups is 1. The number of carbonyl (C=O) groups is 1. The minimum Gasteiger partial charge on any atom is -0.336 e. The van der Waals surface area contributed by atoms with Crippen LogP contribution in [-0.4, -0.2) is 72.9 Å². The standard InChI is InChI=1S/C25H35N5OS/c1-29(12-10-21-6-3-4-11-26-21)17-20-18-30-13-9-19(20)14-23(30)16-27-25(31)28-22-7-5-8-24(15-22)32-2/h3-8,11,15,19-20,23H,9-10,12-14,16-18H2,1-2H3,(H2,27,28,31)/t19-,20+,23+/m0/s1. The zero-order valence-electron chi connectivity index (χ0n) is 19.2. The highest BCUT2D eigenvalue weighted by Gasteiger charge is 2.40. The van der Waals surface area contributed by atoms with E-state index >= 15 is 0 Å². The Bertz CT molecular complexity index is 880. The molecule has 1 aromatic heterocycles. The summed E-state index contributed by atoms with van der Waals surface area (Å²) in [7, 11) is 2.23. The van der Waals surface area contributed by atoms with Crippen molar-refractivity contribution in [1.82, 2.24) is 20.1 Å². The van der Waals surface area contributed by atoms with Crippen molar-refractivity contribution in [1.29, 1.82) is 0 Å². The normalized spacial score (nSPS) is 24.5. The smallest absolute Gasteiger partial charge is 0.319 e. The molecule has 2 amide bonds. The second-order valence-corrected chi connectivity index (χ2v) is 9.97. The highest BCUT2D eigenvalue weighted by Crippen LogP contribution is 2.36. The number of nitrogens with zero attached hydrogens (tertiary/aromatic N) is 3. The van der Waals surface area contributed by atoms with Crippen LogP contribution in [0, 0.1) is 11.8 Å². The zero-order valence-corrected chi connectivity index (χ0v) is 20.0. The third-order valence-corrected chi connectivity index (χ3v) is 7.59. The van der Waals surface area contributed by atoms with Crippen molar-refractivity contribution in [2.75, 3.05) is 51.3 Å². The topological polar surface area (TPSA) is 60.5 Å². The van der Waals surface area contributed by atoms with Crippen LogP contribution >= 0.6 is 11.8 Å². The van der Waals surface area contributed by atoms with Gasteiger partial charge in [-0.2, -0.15) is 0 Å². The molecule has 2 aromatic rings. The summed E-state index contributed by atoms with van der Waals surface area (Å²) in [5.74, 6) is 1.47. The van der Waals surface area contributed by atoms with E-state index in [4.69, 9.17) is 0 Å². The molecule has 0 saturated carbocycles. The fourth-order valence-corrected chi connectivity index (χ4v) is 5.56. The van der Waals surface area contributed by atoms with E-state index in [0.29, 0.717) is 12.6 Å². The first-order valence-corrected chi connectivity index (χ1v) is 12.8. The van der Waals surface area contributed by atoms with E-state index in [0.717, 1.165) is 60.7 Å². The van der Waals surface area contributed by atoms with E-state index in [-0.39, 0.29) is 6.03 Å². The monoisotopic (exact) mass is 453 g/mol. The van der Waals surface area contributed by atoms with Gasteiger partial charge in [0.15, 0.2) is 0 Å².